The molecule has 0 heterocycles. The van der Waals surface area contributed by atoms with Gasteiger partial charge in [-0.15, -0.1) is 4.48 Å². The Labute approximate surface area is 102 Å². The molecule has 20 heavy (non-hydrogen) atoms. The molecule has 0 N–H and O–H groups in total. The first-order valence-electron chi connectivity index (χ1n) is 4.23. The molecular weight excluding hydrogens is 328 g/mol. The number of halogens is 12. The Bertz CT molecular complexity index is 317. The van der Waals surface area contributed by atoms with Crippen molar-refractivity contribution in [2.45, 2.75) is 31.1 Å². The zero-order valence-corrected chi connectivity index (χ0v) is 8.79. The largest absolute Gasteiger partial charge is 0.412 e. The molecule has 0 fully saturated rings. The van der Waals surface area contributed by atoms with Crippen LogP contribution in [-0.4, -0.2) is 47.9 Å². The van der Waals surface area contributed by atoms with E-state index in [9.17, 15) is 52.8 Å². The smallest absolute Gasteiger partial charge is 0.233 e. The Morgan fingerprint density at radius 3 is 1.45 bits per heavy atom. The van der Waals surface area contributed by atoms with Gasteiger partial charge < -0.3 is 0 Å². The zero-order valence-electron chi connectivity index (χ0n) is 8.79. The number of hydrogen-bond acceptors (Lipinski definition) is 2. The van der Waals surface area contributed by atoms with Crippen LogP contribution in [-0.2, 0) is 0 Å². The minimum atomic E-state index is -6.87. The third-order valence-electron chi connectivity index (χ3n) is 1.86. The normalized spacial score (nSPS) is 15.0. The Kier molecular flexibility index (Phi) is 5.56. The summed E-state index contributed by atoms with van der Waals surface area (Å²) >= 11 is 0. The third kappa shape index (κ3) is 3.05. The predicted molar refractivity (Wildman–Crippen MR) is 37.6 cm³/mol. The molecule has 0 aliphatic rings. The standard InChI is InChI=1S/C6H4F12N2/c7-1-19(3(10)11)5(14,15)6(16,17)20(18)4(12,13)2(8)9/h2-3H,1H2. The van der Waals surface area contributed by atoms with E-state index in [4.69, 9.17) is 0 Å². The van der Waals surface area contributed by atoms with Gasteiger partial charge in [-0.3, -0.25) is 0 Å². The topological polar surface area (TPSA) is 6.48 Å². The predicted octanol–water partition coefficient (Wildman–Crippen LogP) is 3.67. The zero-order chi connectivity index (χ0) is 16.5. The van der Waals surface area contributed by atoms with Crippen molar-refractivity contribution in [1.82, 2.24) is 10.0 Å². The molecule has 0 bridgehead atoms. The van der Waals surface area contributed by atoms with Crippen molar-refractivity contribution in [1.29, 1.82) is 0 Å². The van der Waals surface area contributed by atoms with E-state index in [1.165, 1.54) is 0 Å². The van der Waals surface area contributed by atoms with Crippen LogP contribution in [0.15, 0.2) is 0 Å². The summed E-state index contributed by atoms with van der Waals surface area (Å²) in [6.45, 7) is -7.64. The highest BCUT2D eigenvalue weighted by molar-refractivity contribution is 4.85. The molecule has 0 spiro atoms. The molecule has 0 rings (SSSR count). The SMILES string of the molecule is FCN(C(F)F)C(F)(F)C(F)(F)N(F)C(F)(F)C(F)F. The average Bonchev–Trinajstić information content (AvgIpc) is 2.27. The number of alkyl halides is 11. The van der Waals surface area contributed by atoms with Crippen LogP contribution in [0.4, 0.5) is 52.8 Å². The lowest BCUT2D eigenvalue weighted by Crippen LogP contribution is -2.65. The fraction of sp³-hybridized carbons (Fsp3) is 1.00. The summed E-state index contributed by atoms with van der Waals surface area (Å²) < 4.78 is 146. The highest BCUT2D eigenvalue weighted by atomic mass is 19.4. The van der Waals surface area contributed by atoms with Crippen LogP contribution in [0.1, 0.15) is 0 Å². The number of rotatable bonds is 7. The Balaban J connectivity index is 5.60. The highest BCUT2D eigenvalue weighted by Gasteiger charge is 2.73. The van der Waals surface area contributed by atoms with E-state index in [1.54, 1.807) is 0 Å². The fourth-order valence-corrected chi connectivity index (χ4v) is 0.814. The first-order valence-corrected chi connectivity index (χ1v) is 4.23. The maximum absolute atomic E-state index is 12.8. The Morgan fingerprint density at radius 1 is 0.800 bits per heavy atom. The summed E-state index contributed by atoms with van der Waals surface area (Å²) in [5.74, 6) is 0. The van der Waals surface area contributed by atoms with Gasteiger partial charge in [-0.2, -0.15) is 40.0 Å². The van der Waals surface area contributed by atoms with Gasteiger partial charge in [0.15, 0.2) is 6.80 Å². The maximum Gasteiger partial charge on any atom is 0.412 e. The van der Waals surface area contributed by atoms with Crippen molar-refractivity contribution in [3.05, 3.63) is 0 Å². The molecule has 0 aliphatic heterocycles. The van der Waals surface area contributed by atoms with Crippen LogP contribution < -0.4 is 0 Å². The van der Waals surface area contributed by atoms with Gasteiger partial charge in [0.2, 0.25) is 0 Å². The van der Waals surface area contributed by atoms with Crippen molar-refractivity contribution in [3.63, 3.8) is 0 Å². The summed E-state index contributed by atoms with van der Waals surface area (Å²) in [5.41, 5.74) is 0. The Hall–Kier alpha value is -0.920. The first kappa shape index (κ1) is 19.1. The van der Waals surface area contributed by atoms with Gasteiger partial charge in [-0.05, 0) is 5.12 Å². The minimum Gasteiger partial charge on any atom is -0.233 e. The van der Waals surface area contributed by atoms with Crippen molar-refractivity contribution >= 4 is 0 Å². The van der Waals surface area contributed by atoms with Crippen LogP contribution >= 0.6 is 0 Å². The molecule has 14 heteroatoms. The first-order chi connectivity index (χ1) is 8.74. The summed E-state index contributed by atoms with van der Waals surface area (Å²) in [4.78, 5) is -2.29. The monoisotopic (exact) mass is 332 g/mol. The van der Waals surface area contributed by atoms with Crippen LogP contribution in [0.5, 0.6) is 0 Å². The van der Waals surface area contributed by atoms with E-state index in [0.717, 1.165) is 0 Å². The number of hydrogen-bond donors (Lipinski definition) is 0. The summed E-state index contributed by atoms with van der Waals surface area (Å²) in [6, 6.07) is -19.8. The molecule has 0 radical (unpaired) electrons. The van der Waals surface area contributed by atoms with Gasteiger partial charge in [0.1, 0.15) is 0 Å². The van der Waals surface area contributed by atoms with E-state index in [0.29, 0.717) is 0 Å². The number of nitrogens with zero attached hydrogens (tertiary/aromatic N) is 2. The molecule has 0 saturated carbocycles. The van der Waals surface area contributed by atoms with Gasteiger partial charge in [0.05, 0.1) is 0 Å². The second-order valence-corrected chi connectivity index (χ2v) is 3.12. The van der Waals surface area contributed by atoms with Gasteiger partial charge >= 0.3 is 31.1 Å². The molecule has 0 aromatic rings. The van der Waals surface area contributed by atoms with E-state index < -0.39 is 47.9 Å². The second kappa shape index (κ2) is 5.83. The van der Waals surface area contributed by atoms with Crippen LogP contribution in [0.3, 0.4) is 0 Å². The van der Waals surface area contributed by atoms with Gasteiger partial charge in [-0.1, -0.05) is 0 Å². The minimum absolute atomic E-state index is 2.29. The third-order valence-corrected chi connectivity index (χ3v) is 1.86. The second-order valence-electron chi connectivity index (χ2n) is 3.12. The molecule has 0 amide bonds. The average molecular weight is 332 g/mol. The highest BCUT2D eigenvalue weighted by Crippen LogP contribution is 2.46. The summed E-state index contributed by atoms with van der Waals surface area (Å²) in [5, 5.41) is -3.59. The van der Waals surface area contributed by atoms with Crippen LogP contribution in [0, 0.1) is 0 Å². The summed E-state index contributed by atoms with van der Waals surface area (Å²) in [7, 11) is 0. The van der Waals surface area contributed by atoms with Crippen molar-refractivity contribution in [2.24, 2.45) is 0 Å². The molecule has 0 saturated heterocycles. The van der Waals surface area contributed by atoms with Crippen molar-refractivity contribution < 1.29 is 52.8 Å². The maximum atomic E-state index is 12.8. The molecule has 0 aromatic heterocycles. The van der Waals surface area contributed by atoms with E-state index in [-0.39, 0.29) is 0 Å². The lowest BCUT2D eigenvalue weighted by Gasteiger charge is -2.37. The molecule has 0 aliphatic carbocycles. The van der Waals surface area contributed by atoms with Gasteiger partial charge in [0.25, 0.3) is 0 Å². The lowest BCUT2D eigenvalue weighted by molar-refractivity contribution is -0.456. The van der Waals surface area contributed by atoms with Crippen LogP contribution in [0.25, 0.3) is 0 Å². The van der Waals surface area contributed by atoms with Crippen LogP contribution in [0.2, 0.25) is 0 Å². The lowest BCUT2D eigenvalue weighted by atomic mass is 10.3. The quantitative estimate of drug-likeness (QED) is 0.399. The molecule has 2 nitrogen and oxygen atoms in total. The van der Waals surface area contributed by atoms with E-state index in [1.807, 2.05) is 0 Å². The molecule has 122 valence electrons. The molecular formula is C6H4F12N2. The Morgan fingerprint density at radius 2 is 1.20 bits per heavy atom. The molecule has 0 unspecified atom stereocenters. The van der Waals surface area contributed by atoms with E-state index >= 15 is 0 Å². The fourth-order valence-electron chi connectivity index (χ4n) is 0.814. The molecule has 0 atom stereocenters. The van der Waals surface area contributed by atoms with E-state index in [2.05, 4.69) is 0 Å². The van der Waals surface area contributed by atoms with Gasteiger partial charge in [0, 0.05) is 0 Å². The van der Waals surface area contributed by atoms with Gasteiger partial charge in [-0.25, -0.2) is 13.2 Å². The van der Waals surface area contributed by atoms with Crippen molar-refractivity contribution in [2.75, 3.05) is 6.80 Å². The molecule has 0 aromatic carbocycles. The van der Waals surface area contributed by atoms with Crippen molar-refractivity contribution in [3.8, 4) is 0 Å². The summed E-state index contributed by atoms with van der Waals surface area (Å²) in [6.07, 6.45) is -5.18.